The quantitative estimate of drug-likeness (QED) is 0.464. The topological polar surface area (TPSA) is 106 Å². The van der Waals surface area contributed by atoms with Crippen LogP contribution in [-0.2, 0) is 11.3 Å². The lowest BCUT2D eigenvalue weighted by atomic mass is 10.0. The van der Waals surface area contributed by atoms with Gasteiger partial charge in [-0.2, -0.15) is 0 Å². The number of methoxy groups -OCH3 is 1. The summed E-state index contributed by atoms with van der Waals surface area (Å²) in [6, 6.07) is 13.8. The molecule has 4 aromatic rings. The molecule has 0 saturated heterocycles. The molecule has 0 amide bonds. The number of H-pyrrole nitrogens is 1. The minimum atomic E-state index is -0.596. The van der Waals surface area contributed by atoms with E-state index in [4.69, 9.17) is 16.3 Å². The van der Waals surface area contributed by atoms with Crippen LogP contribution in [-0.4, -0.2) is 32.1 Å². The van der Waals surface area contributed by atoms with Crippen molar-refractivity contribution < 1.29 is 14.6 Å². The maximum absolute atomic E-state index is 13.1. The van der Waals surface area contributed by atoms with Gasteiger partial charge in [-0.15, -0.1) is 0 Å². The predicted octanol–water partition coefficient (Wildman–Crippen LogP) is 3.49. The average molecular weight is 454 g/mol. The Bertz CT molecular complexity index is 1450. The molecule has 0 radical (unpaired) electrons. The van der Waals surface area contributed by atoms with E-state index in [1.807, 2.05) is 0 Å². The summed E-state index contributed by atoms with van der Waals surface area (Å²) in [5.74, 6) is 0.264. The van der Waals surface area contributed by atoms with Crippen molar-refractivity contribution in [2.45, 2.75) is 19.9 Å². The van der Waals surface area contributed by atoms with E-state index < -0.39 is 11.2 Å². The molecule has 0 spiro atoms. The maximum atomic E-state index is 13.1. The Kier molecular flexibility index (Phi) is 5.63. The first-order chi connectivity index (χ1) is 15.3. The van der Waals surface area contributed by atoms with Crippen LogP contribution in [0.2, 0.25) is 5.15 Å². The second kappa shape index (κ2) is 8.39. The lowest BCUT2D eigenvalue weighted by Crippen LogP contribution is -2.36. The summed E-state index contributed by atoms with van der Waals surface area (Å²) in [6.45, 7) is 1.38. The number of rotatable bonds is 6. The Labute approximate surface area is 187 Å². The Balaban J connectivity index is 1.83. The van der Waals surface area contributed by atoms with Crippen molar-refractivity contribution in [3.05, 3.63) is 74.5 Å². The number of hydrogen-bond acceptors (Lipinski definition) is 5. The molecule has 0 atom stereocenters. The highest BCUT2D eigenvalue weighted by molar-refractivity contribution is 6.31. The first kappa shape index (κ1) is 21.5. The number of Topliss-reactive ketones (excluding diaryl/α,β-unsaturated/α-hetero) is 1. The minimum absolute atomic E-state index is 0.0176. The highest BCUT2D eigenvalue weighted by atomic mass is 35.5. The van der Waals surface area contributed by atoms with Crippen molar-refractivity contribution in [2.75, 3.05) is 7.11 Å². The van der Waals surface area contributed by atoms with Crippen LogP contribution in [0.1, 0.15) is 13.3 Å². The van der Waals surface area contributed by atoms with Gasteiger partial charge in [0.1, 0.15) is 16.5 Å². The zero-order chi connectivity index (χ0) is 23.0. The molecule has 0 aliphatic carbocycles. The molecule has 0 unspecified atom stereocenters. The molecule has 0 fully saturated rings. The van der Waals surface area contributed by atoms with Crippen molar-refractivity contribution in [1.29, 1.82) is 0 Å². The number of hydrogen-bond donors (Lipinski definition) is 2. The first-order valence-electron chi connectivity index (χ1n) is 9.82. The third-order valence-corrected chi connectivity index (χ3v) is 5.51. The molecule has 0 aliphatic heterocycles. The van der Waals surface area contributed by atoms with Crippen molar-refractivity contribution in [2.24, 2.45) is 0 Å². The summed E-state index contributed by atoms with van der Waals surface area (Å²) in [6.07, 6.45) is 0.0711. The summed E-state index contributed by atoms with van der Waals surface area (Å²) in [5.41, 5.74) is 1.31. The van der Waals surface area contributed by atoms with Gasteiger partial charge in [-0.25, -0.2) is 4.79 Å². The number of carbonyl (C=O) groups excluding carboxylic acids is 1. The number of phenolic OH excluding ortho intramolecular Hbond substituents is 1. The molecular formula is C23H20ClN3O5. The van der Waals surface area contributed by atoms with E-state index in [1.54, 1.807) is 42.5 Å². The zero-order valence-electron chi connectivity index (χ0n) is 17.4. The fraction of sp³-hybridized carbons (Fsp3) is 0.174. The van der Waals surface area contributed by atoms with Crippen molar-refractivity contribution in [1.82, 2.24) is 14.1 Å². The smallest absolute Gasteiger partial charge is 0.328 e. The van der Waals surface area contributed by atoms with Crippen LogP contribution in [0.5, 0.6) is 11.5 Å². The minimum Gasteiger partial charge on any atom is -0.504 e. The molecule has 0 bridgehead atoms. The number of benzene rings is 2. The van der Waals surface area contributed by atoms with Crippen molar-refractivity contribution in [3.8, 4) is 28.3 Å². The van der Waals surface area contributed by atoms with Gasteiger partial charge < -0.3 is 14.8 Å². The molecule has 0 aliphatic rings. The van der Waals surface area contributed by atoms with Crippen LogP contribution in [0.3, 0.4) is 0 Å². The highest BCUT2D eigenvalue weighted by Crippen LogP contribution is 2.37. The number of carbonyl (C=O) groups is 1. The normalized spacial score (nSPS) is 11.1. The fourth-order valence-corrected chi connectivity index (χ4v) is 3.91. The predicted molar refractivity (Wildman–Crippen MR) is 122 cm³/mol. The number of aromatic hydroxyl groups is 1. The molecule has 9 heteroatoms. The molecule has 32 heavy (non-hydrogen) atoms. The number of halogens is 1. The van der Waals surface area contributed by atoms with Crippen molar-refractivity contribution in [3.63, 3.8) is 0 Å². The summed E-state index contributed by atoms with van der Waals surface area (Å²) in [7, 11) is 1.48. The highest BCUT2D eigenvalue weighted by Gasteiger charge is 2.17. The molecular weight excluding hydrogens is 434 g/mol. The standard InChI is InChI=1S/C23H20ClN3O5/c1-13(28)10-11-26-22(30)20-17(25-23(26)31)12-19(24)27(20)15-8-6-14(7-9-15)16-4-3-5-18(32-2)21(16)29/h3-9,12,29H,10-11H2,1-2H3,(H,25,31). The molecule has 164 valence electrons. The summed E-state index contributed by atoms with van der Waals surface area (Å²) in [4.78, 5) is 39.4. The van der Waals surface area contributed by atoms with Crippen molar-refractivity contribution >= 4 is 28.4 Å². The number of ether oxygens (including phenoxy) is 1. The largest absolute Gasteiger partial charge is 0.504 e. The fourth-order valence-electron chi connectivity index (χ4n) is 3.62. The number of nitrogens with one attached hydrogen (secondary N) is 1. The number of aromatic nitrogens is 3. The van der Waals surface area contributed by atoms with E-state index in [0.29, 0.717) is 22.5 Å². The Morgan fingerprint density at radius 2 is 1.88 bits per heavy atom. The monoisotopic (exact) mass is 453 g/mol. The van der Waals surface area contributed by atoms with Gasteiger partial charge in [-0.05, 0) is 36.8 Å². The van der Waals surface area contributed by atoms with Crippen LogP contribution in [0.4, 0.5) is 0 Å². The van der Waals surface area contributed by atoms with E-state index in [2.05, 4.69) is 4.98 Å². The third-order valence-electron chi connectivity index (χ3n) is 5.23. The summed E-state index contributed by atoms with van der Waals surface area (Å²) >= 11 is 6.41. The Morgan fingerprint density at radius 1 is 1.16 bits per heavy atom. The van der Waals surface area contributed by atoms with E-state index in [-0.39, 0.29) is 35.2 Å². The Morgan fingerprint density at radius 3 is 2.53 bits per heavy atom. The molecule has 2 N–H and O–H groups in total. The van der Waals surface area contributed by atoms with Gasteiger partial charge in [0.25, 0.3) is 5.56 Å². The van der Waals surface area contributed by atoms with Gasteiger partial charge in [0.05, 0.1) is 12.6 Å². The number of nitrogens with zero attached hydrogens (tertiary/aromatic N) is 2. The van der Waals surface area contributed by atoms with Gasteiger partial charge in [0, 0.05) is 24.2 Å². The van der Waals surface area contributed by atoms with Gasteiger partial charge >= 0.3 is 5.69 Å². The first-order valence-corrected chi connectivity index (χ1v) is 10.2. The van der Waals surface area contributed by atoms with Crippen LogP contribution >= 0.6 is 11.6 Å². The third kappa shape index (κ3) is 3.69. The van der Waals surface area contributed by atoms with Crippen LogP contribution < -0.4 is 16.0 Å². The van der Waals surface area contributed by atoms with E-state index in [9.17, 15) is 19.5 Å². The lowest BCUT2D eigenvalue weighted by Gasteiger charge is -2.11. The second-order valence-electron chi connectivity index (χ2n) is 7.31. The van der Waals surface area contributed by atoms with Crippen LogP contribution in [0.15, 0.2) is 58.1 Å². The Hall–Kier alpha value is -3.78. The van der Waals surface area contributed by atoms with E-state index >= 15 is 0 Å². The van der Waals surface area contributed by atoms with Gasteiger partial charge in [-0.1, -0.05) is 35.9 Å². The zero-order valence-corrected chi connectivity index (χ0v) is 18.1. The molecule has 0 saturated carbocycles. The molecule has 2 aromatic heterocycles. The number of phenols is 1. The second-order valence-corrected chi connectivity index (χ2v) is 7.69. The SMILES string of the molecule is COc1cccc(-c2ccc(-n3c(Cl)cc4[nH]c(=O)n(CCC(C)=O)c(=O)c43)cc2)c1O. The number of ketones is 1. The number of aromatic amines is 1. The number of fused-ring (bicyclic) bond motifs is 1. The van der Waals surface area contributed by atoms with Gasteiger partial charge in [0.15, 0.2) is 11.5 Å². The molecule has 8 nitrogen and oxygen atoms in total. The van der Waals surface area contributed by atoms with E-state index in [0.717, 1.165) is 10.1 Å². The van der Waals surface area contributed by atoms with Gasteiger partial charge in [-0.3, -0.25) is 18.7 Å². The average Bonchev–Trinajstić information content (AvgIpc) is 3.09. The summed E-state index contributed by atoms with van der Waals surface area (Å²) < 4.78 is 7.70. The van der Waals surface area contributed by atoms with Crippen LogP contribution in [0, 0.1) is 0 Å². The van der Waals surface area contributed by atoms with Gasteiger partial charge in [0.2, 0.25) is 0 Å². The maximum Gasteiger partial charge on any atom is 0.328 e. The molecule has 2 heterocycles. The van der Waals surface area contributed by atoms with E-state index in [1.165, 1.54) is 24.7 Å². The molecule has 2 aromatic carbocycles. The molecule has 4 rings (SSSR count). The number of para-hydroxylation sites is 1. The summed E-state index contributed by atoms with van der Waals surface area (Å²) in [5, 5.41) is 10.7. The lowest BCUT2D eigenvalue weighted by molar-refractivity contribution is -0.117. The van der Waals surface area contributed by atoms with Crippen LogP contribution in [0.25, 0.3) is 27.8 Å².